The monoisotopic (exact) mass is 301 g/mol. The zero-order chi connectivity index (χ0) is 14.6. The highest BCUT2D eigenvalue weighted by molar-refractivity contribution is 7.89. The summed E-state index contributed by atoms with van der Waals surface area (Å²) in [6.07, 6.45) is 5.77. The fraction of sp³-hybridized carbons (Fsp3) is 0.714. The summed E-state index contributed by atoms with van der Waals surface area (Å²) in [6, 6.07) is 2.85. The minimum Gasteiger partial charge on any atom is -0.446 e. The van der Waals surface area contributed by atoms with E-state index in [2.05, 4.69) is 11.6 Å². The van der Waals surface area contributed by atoms with E-state index in [0.717, 1.165) is 18.8 Å². The van der Waals surface area contributed by atoms with Crippen molar-refractivity contribution in [1.29, 1.82) is 0 Å². The number of rotatable bonds is 6. The predicted octanol–water partition coefficient (Wildman–Crippen LogP) is 2.27. The summed E-state index contributed by atoms with van der Waals surface area (Å²) in [5.41, 5.74) is 0. The molecule has 0 aromatic carbocycles. The summed E-state index contributed by atoms with van der Waals surface area (Å²) in [5.74, 6) is 1.48. The Morgan fingerprint density at radius 1 is 1.25 bits per heavy atom. The van der Waals surface area contributed by atoms with Gasteiger partial charge >= 0.3 is 0 Å². The van der Waals surface area contributed by atoms with Crippen molar-refractivity contribution in [3.8, 4) is 0 Å². The van der Waals surface area contributed by atoms with E-state index in [1.165, 1.54) is 31.4 Å². The summed E-state index contributed by atoms with van der Waals surface area (Å²) in [5, 5.41) is 8.77. The van der Waals surface area contributed by atoms with Crippen molar-refractivity contribution in [3.63, 3.8) is 0 Å². The third-order valence-electron chi connectivity index (χ3n) is 4.16. The molecule has 1 fully saturated rings. The van der Waals surface area contributed by atoms with Crippen molar-refractivity contribution in [1.82, 2.24) is 4.72 Å². The van der Waals surface area contributed by atoms with Crippen molar-refractivity contribution in [3.05, 3.63) is 17.9 Å². The van der Waals surface area contributed by atoms with E-state index in [4.69, 9.17) is 9.52 Å². The maximum absolute atomic E-state index is 12.0. The molecule has 1 saturated carbocycles. The lowest BCUT2D eigenvalue weighted by atomic mass is 9.81. The minimum absolute atomic E-state index is 0.121. The number of hydrogen-bond donors (Lipinski definition) is 2. The zero-order valence-electron chi connectivity index (χ0n) is 11.8. The third kappa shape index (κ3) is 3.84. The van der Waals surface area contributed by atoms with Gasteiger partial charge in [-0.3, -0.25) is 0 Å². The van der Waals surface area contributed by atoms with Crippen LogP contribution < -0.4 is 4.72 Å². The molecule has 2 rings (SSSR count). The van der Waals surface area contributed by atoms with Crippen LogP contribution in [0.1, 0.15) is 44.8 Å². The van der Waals surface area contributed by atoms with Crippen molar-refractivity contribution in [2.75, 3.05) is 6.54 Å². The van der Waals surface area contributed by atoms with Gasteiger partial charge < -0.3 is 9.52 Å². The highest BCUT2D eigenvalue weighted by atomic mass is 32.2. The summed E-state index contributed by atoms with van der Waals surface area (Å²) >= 11 is 0. The normalized spacial score (nSPS) is 23.9. The van der Waals surface area contributed by atoms with Crippen molar-refractivity contribution in [2.45, 2.75) is 50.7 Å². The minimum atomic E-state index is -3.60. The van der Waals surface area contributed by atoms with Crippen LogP contribution in [-0.2, 0) is 16.6 Å². The first-order valence-electron chi connectivity index (χ1n) is 7.24. The average Bonchev–Trinajstić information content (AvgIpc) is 2.95. The smallest absolute Gasteiger partial charge is 0.273 e. The third-order valence-corrected chi connectivity index (χ3v) is 5.46. The Morgan fingerprint density at radius 2 is 1.90 bits per heavy atom. The quantitative estimate of drug-likeness (QED) is 0.844. The van der Waals surface area contributed by atoms with E-state index in [1.54, 1.807) is 0 Å². The van der Waals surface area contributed by atoms with Crippen LogP contribution in [0.15, 0.2) is 21.6 Å². The van der Waals surface area contributed by atoms with Gasteiger partial charge in [0.2, 0.25) is 5.09 Å². The number of aliphatic hydroxyl groups excluding tert-OH is 1. The van der Waals surface area contributed by atoms with Gasteiger partial charge in [0.15, 0.2) is 0 Å². The van der Waals surface area contributed by atoms with Crippen molar-refractivity contribution < 1.29 is 17.9 Å². The maximum Gasteiger partial charge on any atom is 0.273 e. The summed E-state index contributed by atoms with van der Waals surface area (Å²) in [4.78, 5) is 0. The number of aliphatic hydroxyl groups is 1. The molecule has 1 heterocycles. The first kappa shape index (κ1) is 15.5. The molecule has 0 spiro atoms. The molecule has 0 atom stereocenters. The highest BCUT2D eigenvalue weighted by Crippen LogP contribution is 2.30. The lowest BCUT2D eigenvalue weighted by Crippen LogP contribution is -2.31. The van der Waals surface area contributed by atoms with Gasteiger partial charge in [-0.1, -0.05) is 26.2 Å². The Balaban J connectivity index is 1.87. The van der Waals surface area contributed by atoms with E-state index in [9.17, 15) is 8.42 Å². The fourth-order valence-corrected chi connectivity index (χ4v) is 3.79. The lowest BCUT2D eigenvalue weighted by Gasteiger charge is -2.27. The largest absolute Gasteiger partial charge is 0.446 e. The van der Waals surface area contributed by atoms with Gasteiger partial charge in [0, 0.05) is 6.54 Å². The van der Waals surface area contributed by atoms with Gasteiger partial charge in [-0.05, 0) is 36.8 Å². The molecular formula is C14H23NO4S. The van der Waals surface area contributed by atoms with Crippen LogP contribution in [0.5, 0.6) is 0 Å². The molecule has 1 aliphatic carbocycles. The van der Waals surface area contributed by atoms with E-state index < -0.39 is 10.0 Å². The molecule has 1 aromatic heterocycles. The molecule has 20 heavy (non-hydrogen) atoms. The number of furan rings is 1. The van der Waals surface area contributed by atoms with E-state index in [1.807, 2.05) is 0 Å². The second-order valence-corrected chi connectivity index (χ2v) is 7.22. The molecule has 0 radical (unpaired) electrons. The van der Waals surface area contributed by atoms with Crippen LogP contribution in [0.4, 0.5) is 0 Å². The van der Waals surface area contributed by atoms with Crippen LogP contribution in [0.25, 0.3) is 0 Å². The average molecular weight is 301 g/mol. The fourth-order valence-electron chi connectivity index (χ4n) is 2.73. The first-order chi connectivity index (χ1) is 9.55. The molecule has 2 N–H and O–H groups in total. The molecule has 1 aromatic rings. The Hall–Kier alpha value is -0.850. The lowest BCUT2D eigenvalue weighted by molar-refractivity contribution is 0.236. The molecule has 0 amide bonds. The van der Waals surface area contributed by atoms with Gasteiger partial charge in [0.05, 0.1) is 0 Å². The Morgan fingerprint density at radius 3 is 2.45 bits per heavy atom. The van der Waals surface area contributed by atoms with Gasteiger partial charge in [0.1, 0.15) is 12.4 Å². The number of nitrogens with one attached hydrogen (secondary N) is 1. The van der Waals surface area contributed by atoms with Gasteiger partial charge in [0.25, 0.3) is 10.0 Å². The first-order valence-corrected chi connectivity index (χ1v) is 8.72. The molecule has 0 aliphatic heterocycles. The van der Waals surface area contributed by atoms with Crippen LogP contribution in [0.3, 0.4) is 0 Å². The van der Waals surface area contributed by atoms with Crippen LogP contribution in [0.2, 0.25) is 0 Å². The van der Waals surface area contributed by atoms with Gasteiger partial charge in [-0.15, -0.1) is 0 Å². The van der Waals surface area contributed by atoms with Crippen LogP contribution in [-0.4, -0.2) is 20.1 Å². The van der Waals surface area contributed by atoms with Gasteiger partial charge in [-0.25, -0.2) is 13.1 Å². The van der Waals surface area contributed by atoms with Crippen molar-refractivity contribution in [2.24, 2.45) is 11.8 Å². The predicted molar refractivity (Wildman–Crippen MR) is 75.6 cm³/mol. The number of sulfonamides is 1. The second-order valence-electron chi connectivity index (χ2n) is 5.53. The summed E-state index contributed by atoms with van der Waals surface area (Å²) in [6.45, 7) is 2.38. The molecule has 0 unspecified atom stereocenters. The standard InChI is InChI=1S/C14H23NO4S/c1-2-11-3-5-12(6-4-11)9-15-20(17,18)14-8-7-13(10-16)19-14/h7-8,11-12,15-16H,2-6,9-10H2,1H3. The van der Waals surface area contributed by atoms with E-state index in [0.29, 0.717) is 12.5 Å². The molecule has 1 aliphatic rings. The van der Waals surface area contributed by atoms with Crippen LogP contribution >= 0.6 is 0 Å². The van der Waals surface area contributed by atoms with E-state index >= 15 is 0 Å². The maximum atomic E-state index is 12.0. The molecule has 0 saturated heterocycles. The zero-order valence-corrected chi connectivity index (χ0v) is 12.7. The molecule has 114 valence electrons. The molecule has 6 heteroatoms. The van der Waals surface area contributed by atoms with E-state index in [-0.39, 0.29) is 17.5 Å². The molecule has 5 nitrogen and oxygen atoms in total. The SMILES string of the molecule is CCC1CCC(CNS(=O)(=O)c2ccc(CO)o2)CC1. The number of hydrogen-bond acceptors (Lipinski definition) is 4. The topological polar surface area (TPSA) is 79.5 Å². The summed E-state index contributed by atoms with van der Waals surface area (Å²) in [7, 11) is -3.60. The summed E-state index contributed by atoms with van der Waals surface area (Å²) < 4.78 is 31.8. The molecular weight excluding hydrogens is 278 g/mol. The Kier molecular flexibility index (Phi) is 5.23. The second kappa shape index (κ2) is 6.74. The van der Waals surface area contributed by atoms with Crippen molar-refractivity contribution >= 4 is 10.0 Å². The van der Waals surface area contributed by atoms with Crippen LogP contribution in [0, 0.1) is 11.8 Å². The van der Waals surface area contributed by atoms with Gasteiger partial charge in [-0.2, -0.15) is 0 Å². The Bertz CT molecular complexity index is 515. The highest BCUT2D eigenvalue weighted by Gasteiger charge is 2.23. The molecule has 0 bridgehead atoms. The Labute approximate surface area is 120 Å².